The lowest BCUT2D eigenvalue weighted by molar-refractivity contribution is -0.122. The number of rotatable bonds is 5. The van der Waals surface area contributed by atoms with Crippen molar-refractivity contribution in [2.45, 2.75) is 12.3 Å². The highest BCUT2D eigenvalue weighted by molar-refractivity contribution is 6.30. The monoisotopic (exact) mass is 379 g/mol. The molecule has 1 fully saturated rings. The van der Waals surface area contributed by atoms with Crippen LogP contribution in [-0.2, 0) is 4.79 Å². The van der Waals surface area contributed by atoms with Gasteiger partial charge in [-0.3, -0.25) is 9.78 Å². The van der Waals surface area contributed by atoms with E-state index in [0.717, 1.165) is 28.5 Å². The van der Waals surface area contributed by atoms with Gasteiger partial charge in [0, 0.05) is 22.5 Å². The average molecular weight is 380 g/mol. The number of nitrogens with zero attached hydrogens (tertiary/aromatic N) is 2. The normalized spacial score (nSPS) is 18.6. The van der Waals surface area contributed by atoms with Gasteiger partial charge in [0.1, 0.15) is 11.3 Å². The Morgan fingerprint density at radius 1 is 1.30 bits per heavy atom. The minimum absolute atomic E-state index is 0.0593. The molecule has 1 heterocycles. The number of benzene rings is 2. The Balaban J connectivity index is 1.42. The molecule has 0 bridgehead atoms. The summed E-state index contributed by atoms with van der Waals surface area (Å²) < 4.78 is 5.39. The van der Waals surface area contributed by atoms with E-state index in [4.69, 9.17) is 16.3 Å². The number of pyridine rings is 1. The van der Waals surface area contributed by atoms with E-state index in [0.29, 0.717) is 10.8 Å². The predicted octanol–water partition coefficient (Wildman–Crippen LogP) is 4.15. The zero-order valence-corrected chi connectivity index (χ0v) is 15.5. The van der Waals surface area contributed by atoms with E-state index in [-0.39, 0.29) is 17.7 Å². The van der Waals surface area contributed by atoms with Crippen molar-refractivity contribution in [3.05, 3.63) is 70.9 Å². The van der Waals surface area contributed by atoms with Crippen molar-refractivity contribution in [1.82, 2.24) is 10.4 Å². The van der Waals surface area contributed by atoms with Crippen molar-refractivity contribution >= 4 is 34.6 Å². The first-order valence-corrected chi connectivity index (χ1v) is 9.04. The summed E-state index contributed by atoms with van der Waals surface area (Å²) in [4.78, 5) is 16.6. The Morgan fingerprint density at radius 2 is 2.19 bits per heavy atom. The molecule has 1 aliphatic rings. The van der Waals surface area contributed by atoms with Gasteiger partial charge >= 0.3 is 0 Å². The lowest BCUT2D eigenvalue weighted by Gasteiger charge is -2.06. The molecule has 136 valence electrons. The zero-order valence-electron chi connectivity index (χ0n) is 14.7. The summed E-state index contributed by atoms with van der Waals surface area (Å²) in [7, 11) is 1.61. The van der Waals surface area contributed by atoms with E-state index >= 15 is 0 Å². The van der Waals surface area contributed by atoms with Gasteiger partial charge < -0.3 is 4.74 Å². The SMILES string of the molecule is COc1cc(C=NNC(=O)[C@@H]2C[C@H]2c2cccc(Cl)c2)cc2cccnc12. The number of aromatic nitrogens is 1. The molecular weight excluding hydrogens is 362 g/mol. The summed E-state index contributed by atoms with van der Waals surface area (Å²) in [5, 5.41) is 5.75. The van der Waals surface area contributed by atoms with Crippen molar-refractivity contribution in [3.8, 4) is 5.75 Å². The van der Waals surface area contributed by atoms with Crippen LogP contribution in [0.4, 0.5) is 0 Å². The summed E-state index contributed by atoms with van der Waals surface area (Å²) in [6, 6.07) is 15.3. The first-order chi connectivity index (χ1) is 13.2. The molecule has 0 spiro atoms. The first-order valence-electron chi connectivity index (χ1n) is 8.67. The lowest BCUT2D eigenvalue weighted by Crippen LogP contribution is -2.20. The molecule has 5 nitrogen and oxygen atoms in total. The smallest absolute Gasteiger partial charge is 0.243 e. The molecule has 3 aromatic rings. The van der Waals surface area contributed by atoms with E-state index in [1.165, 1.54) is 0 Å². The van der Waals surface area contributed by atoms with Crippen molar-refractivity contribution in [2.24, 2.45) is 11.0 Å². The van der Waals surface area contributed by atoms with Gasteiger partial charge in [-0.25, -0.2) is 5.43 Å². The van der Waals surface area contributed by atoms with Gasteiger partial charge in [-0.15, -0.1) is 0 Å². The van der Waals surface area contributed by atoms with Gasteiger partial charge in [-0.05, 0) is 53.8 Å². The molecule has 4 rings (SSSR count). The van der Waals surface area contributed by atoms with Gasteiger partial charge in [-0.2, -0.15) is 5.10 Å². The Labute approximate surface area is 162 Å². The van der Waals surface area contributed by atoms with Crippen LogP contribution in [0.15, 0.2) is 59.8 Å². The Hall–Kier alpha value is -2.92. The third-order valence-electron chi connectivity index (χ3n) is 4.70. The molecule has 1 saturated carbocycles. The van der Waals surface area contributed by atoms with Gasteiger partial charge in [0.25, 0.3) is 0 Å². The largest absolute Gasteiger partial charge is 0.494 e. The third-order valence-corrected chi connectivity index (χ3v) is 4.94. The molecule has 1 N–H and O–H groups in total. The molecule has 2 aromatic carbocycles. The summed E-state index contributed by atoms with van der Waals surface area (Å²) in [6.45, 7) is 0. The molecular formula is C21H18ClN3O2. The summed E-state index contributed by atoms with van der Waals surface area (Å²) >= 11 is 6.02. The quantitative estimate of drug-likeness (QED) is 0.535. The van der Waals surface area contributed by atoms with Crippen LogP contribution in [0.2, 0.25) is 5.02 Å². The van der Waals surface area contributed by atoms with Gasteiger partial charge in [0.05, 0.1) is 13.3 Å². The highest BCUT2D eigenvalue weighted by atomic mass is 35.5. The van der Waals surface area contributed by atoms with Crippen molar-refractivity contribution in [3.63, 3.8) is 0 Å². The number of amides is 1. The second kappa shape index (κ2) is 7.37. The van der Waals surface area contributed by atoms with Gasteiger partial charge in [0.15, 0.2) is 0 Å². The molecule has 0 aliphatic heterocycles. The van der Waals surface area contributed by atoms with Crippen LogP contribution in [0.5, 0.6) is 5.75 Å². The molecule has 6 heteroatoms. The maximum absolute atomic E-state index is 12.3. The Kier molecular flexibility index (Phi) is 4.77. The zero-order chi connectivity index (χ0) is 18.8. The number of hydrogen-bond donors (Lipinski definition) is 1. The van der Waals surface area contributed by atoms with Crippen molar-refractivity contribution in [1.29, 1.82) is 0 Å². The second-order valence-corrected chi connectivity index (χ2v) is 6.97. The lowest BCUT2D eigenvalue weighted by atomic mass is 10.1. The van der Waals surface area contributed by atoms with E-state index in [2.05, 4.69) is 15.5 Å². The topological polar surface area (TPSA) is 63.6 Å². The number of fused-ring (bicyclic) bond motifs is 1. The number of ether oxygens (including phenoxy) is 1. The predicted molar refractivity (Wildman–Crippen MR) is 106 cm³/mol. The third kappa shape index (κ3) is 3.78. The number of nitrogens with one attached hydrogen (secondary N) is 1. The van der Waals surface area contributed by atoms with E-state index in [9.17, 15) is 4.79 Å². The summed E-state index contributed by atoms with van der Waals surface area (Å²) in [6.07, 6.45) is 4.16. The molecule has 1 aliphatic carbocycles. The molecule has 1 aromatic heterocycles. The minimum atomic E-state index is -0.0781. The van der Waals surface area contributed by atoms with Crippen LogP contribution in [-0.4, -0.2) is 24.2 Å². The Morgan fingerprint density at radius 3 is 3.00 bits per heavy atom. The molecule has 2 atom stereocenters. The van der Waals surface area contributed by atoms with Crippen LogP contribution in [0.25, 0.3) is 10.9 Å². The molecule has 0 unspecified atom stereocenters. The number of hydrogen-bond acceptors (Lipinski definition) is 4. The molecule has 27 heavy (non-hydrogen) atoms. The number of carbonyl (C=O) groups excluding carboxylic acids is 1. The van der Waals surface area contributed by atoms with Crippen LogP contribution in [0.1, 0.15) is 23.5 Å². The van der Waals surface area contributed by atoms with E-state index in [1.54, 1.807) is 19.5 Å². The fraction of sp³-hybridized carbons (Fsp3) is 0.190. The van der Waals surface area contributed by atoms with Crippen LogP contribution in [0, 0.1) is 5.92 Å². The maximum Gasteiger partial charge on any atom is 0.243 e. The molecule has 1 amide bonds. The standard InChI is InChI=1S/C21H18ClN3O2/c1-27-19-9-13(8-15-5-3-7-23-20(15)19)12-24-25-21(26)18-11-17(18)14-4-2-6-16(22)10-14/h2-10,12,17-18H,11H2,1H3,(H,25,26)/t17-,18+/m0/s1. The molecule has 0 radical (unpaired) electrons. The van der Waals surface area contributed by atoms with Crippen LogP contribution >= 0.6 is 11.6 Å². The minimum Gasteiger partial charge on any atom is -0.494 e. The summed E-state index contributed by atoms with van der Waals surface area (Å²) in [5.41, 5.74) is 5.35. The summed E-state index contributed by atoms with van der Waals surface area (Å²) in [5.74, 6) is 0.747. The van der Waals surface area contributed by atoms with Crippen molar-refractivity contribution < 1.29 is 9.53 Å². The second-order valence-electron chi connectivity index (χ2n) is 6.54. The average Bonchev–Trinajstić information content (AvgIpc) is 3.48. The van der Waals surface area contributed by atoms with Crippen LogP contribution < -0.4 is 10.2 Å². The highest BCUT2D eigenvalue weighted by Gasteiger charge is 2.43. The van der Waals surface area contributed by atoms with Gasteiger partial charge in [-0.1, -0.05) is 29.8 Å². The number of methoxy groups -OCH3 is 1. The Bertz CT molecular complexity index is 1030. The fourth-order valence-electron chi connectivity index (χ4n) is 3.25. The number of hydrazone groups is 1. The first kappa shape index (κ1) is 17.5. The highest BCUT2D eigenvalue weighted by Crippen LogP contribution is 2.47. The molecule has 0 saturated heterocycles. The number of carbonyl (C=O) groups is 1. The van der Waals surface area contributed by atoms with Crippen LogP contribution in [0.3, 0.4) is 0 Å². The van der Waals surface area contributed by atoms with Crippen molar-refractivity contribution in [2.75, 3.05) is 7.11 Å². The maximum atomic E-state index is 12.3. The van der Waals surface area contributed by atoms with Gasteiger partial charge in [0.2, 0.25) is 5.91 Å². The van der Waals surface area contributed by atoms with E-state index < -0.39 is 0 Å². The number of halogens is 1. The van der Waals surface area contributed by atoms with E-state index in [1.807, 2.05) is 48.5 Å². The fourth-order valence-corrected chi connectivity index (χ4v) is 3.45.